The molecule has 1 aromatic rings. The zero-order valence-corrected chi connectivity index (χ0v) is 10.4. The normalized spacial score (nSPS) is 11.0. The first-order valence-electron chi connectivity index (χ1n) is 4.56. The lowest BCUT2D eigenvalue weighted by molar-refractivity contribution is -0.384. The molecule has 0 amide bonds. The van der Waals surface area contributed by atoms with E-state index in [1.807, 2.05) is 0 Å². The second kappa shape index (κ2) is 5.33. The fraction of sp³-hybridized carbons (Fsp3) is 0.300. The molecule has 0 saturated heterocycles. The van der Waals surface area contributed by atoms with Crippen molar-refractivity contribution >= 4 is 34.9 Å². The predicted molar refractivity (Wildman–Crippen MR) is 63.1 cm³/mol. The molecule has 0 saturated carbocycles. The van der Waals surface area contributed by atoms with Gasteiger partial charge in [0.1, 0.15) is 0 Å². The maximum Gasteiger partial charge on any atom is 0.308 e. The van der Waals surface area contributed by atoms with E-state index in [4.69, 9.17) is 23.2 Å². The molecule has 1 aromatic carbocycles. The first-order chi connectivity index (χ1) is 7.86. The summed E-state index contributed by atoms with van der Waals surface area (Å²) in [4.78, 5) is 21.0. The van der Waals surface area contributed by atoms with Crippen LogP contribution in [0.3, 0.4) is 0 Å². The third-order valence-corrected chi connectivity index (χ3v) is 2.80. The first kappa shape index (κ1) is 13.7. The molecule has 0 aromatic heterocycles. The third-order valence-electron chi connectivity index (χ3n) is 2.09. The van der Waals surface area contributed by atoms with Crippen molar-refractivity contribution < 1.29 is 14.5 Å². The van der Waals surface area contributed by atoms with E-state index in [0.717, 1.165) is 0 Å². The number of benzene rings is 1. The van der Waals surface area contributed by atoms with Crippen LogP contribution >= 0.6 is 23.2 Å². The van der Waals surface area contributed by atoms with E-state index >= 15 is 0 Å². The maximum atomic E-state index is 11.1. The predicted octanol–water partition coefficient (Wildman–Crippen LogP) is 2.79. The number of carbonyl (C=O) groups is 1. The topological polar surface area (TPSA) is 69.4 Å². The third kappa shape index (κ3) is 3.57. The number of nitro groups is 1. The van der Waals surface area contributed by atoms with Gasteiger partial charge in [0.05, 0.1) is 18.5 Å². The molecule has 0 aliphatic heterocycles. The minimum absolute atomic E-state index is 0.0732. The number of hydrogen-bond acceptors (Lipinski definition) is 4. The molecule has 0 aliphatic rings. The monoisotopic (exact) mass is 277 g/mol. The molecule has 0 bridgehead atoms. The molecular formula is C10H9Cl2NO4. The number of carbonyl (C=O) groups excluding carboxylic acids is 1. The molecule has 0 atom stereocenters. The van der Waals surface area contributed by atoms with Gasteiger partial charge in [-0.2, -0.15) is 0 Å². The summed E-state index contributed by atoms with van der Waals surface area (Å²) in [6.45, 7) is 0. The van der Waals surface area contributed by atoms with Gasteiger partial charge in [-0.3, -0.25) is 14.9 Å². The fourth-order valence-electron chi connectivity index (χ4n) is 1.18. The molecule has 92 valence electrons. The molecule has 5 nitrogen and oxygen atoms in total. The minimum atomic E-state index is -1.46. The molecule has 0 radical (unpaired) electrons. The zero-order valence-electron chi connectivity index (χ0n) is 8.85. The van der Waals surface area contributed by atoms with Gasteiger partial charge in [-0.25, -0.2) is 0 Å². The standard InChI is InChI=1S/C10H9Cl2NO4/c1-17-9(14)6-10(11,12)7-2-4-8(5-3-7)13(15)16/h2-5H,6H2,1H3. The van der Waals surface area contributed by atoms with Crippen LogP contribution in [0.25, 0.3) is 0 Å². The smallest absolute Gasteiger partial charge is 0.308 e. The Morgan fingerprint density at radius 3 is 2.35 bits per heavy atom. The number of hydrogen-bond donors (Lipinski definition) is 0. The summed E-state index contributed by atoms with van der Waals surface area (Å²) < 4.78 is 3.00. The number of rotatable bonds is 4. The highest BCUT2D eigenvalue weighted by atomic mass is 35.5. The van der Waals surface area contributed by atoms with Crippen molar-refractivity contribution in [3.63, 3.8) is 0 Å². The molecular weight excluding hydrogens is 269 g/mol. The quantitative estimate of drug-likeness (QED) is 0.367. The van der Waals surface area contributed by atoms with Gasteiger partial charge in [-0.1, -0.05) is 23.2 Å². The summed E-state index contributed by atoms with van der Waals surface area (Å²) >= 11 is 11.9. The number of methoxy groups -OCH3 is 1. The molecule has 0 spiro atoms. The zero-order chi connectivity index (χ0) is 13.1. The molecule has 0 heterocycles. The number of alkyl halides is 2. The van der Waals surface area contributed by atoms with Crippen LogP contribution in [0.4, 0.5) is 5.69 Å². The summed E-state index contributed by atoms with van der Waals surface area (Å²) in [6, 6.07) is 5.35. The van der Waals surface area contributed by atoms with Gasteiger partial charge in [0.2, 0.25) is 0 Å². The van der Waals surface area contributed by atoms with E-state index in [1.54, 1.807) is 0 Å². The Bertz CT molecular complexity index is 430. The van der Waals surface area contributed by atoms with E-state index in [9.17, 15) is 14.9 Å². The fourth-order valence-corrected chi connectivity index (χ4v) is 1.65. The van der Waals surface area contributed by atoms with E-state index in [-0.39, 0.29) is 12.1 Å². The molecule has 1 rings (SSSR count). The van der Waals surface area contributed by atoms with E-state index in [2.05, 4.69) is 4.74 Å². The molecule has 0 N–H and O–H groups in total. The maximum absolute atomic E-state index is 11.1. The van der Waals surface area contributed by atoms with Crippen LogP contribution in [0.2, 0.25) is 0 Å². The lowest BCUT2D eigenvalue weighted by Crippen LogP contribution is -2.17. The first-order valence-corrected chi connectivity index (χ1v) is 5.32. The Kier molecular flexibility index (Phi) is 4.31. The average molecular weight is 278 g/mol. The van der Waals surface area contributed by atoms with Gasteiger partial charge in [0.15, 0.2) is 4.33 Å². The van der Waals surface area contributed by atoms with Gasteiger partial charge in [0.25, 0.3) is 5.69 Å². The number of halogens is 2. The summed E-state index contributed by atoms with van der Waals surface area (Å²) in [7, 11) is 1.22. The summed E-state index contributed by atoms with van der Waals surface area (Å²) in [5.41, 5.74) is 0.327. The molecule has 0 fully saturated rings. The summed E-state index contributed by atoms with van der Waals surface area (Å²) in [5.74, 6) is -0.562. The lowest BCUT2D eigenvalue weighted by atomic mass is 10.1. The highest BCUT2D eigenvalue weighted by molar-refractivity contribution is 6.48. The van der Waals surface area contributed by atoms with Crippen LogP contribution in [-0.4, -0.2) is 18.0 Å². The van der Waals surface area contributed by atoms with E-state index in [0.29, 0.717) is 5.56 Å². The van der Waals surface area contributed by atoms with Crippen LogP contribution < -0.4 is 0 Å². The minimum Gasteiger partial charge on any atom is -0.469 e. The van der Waals surface area contributed by atoms with Crippen LogP contribution in [0.5, 0.6) is 0 Å². The van der Waals surface area contributed by atoms with Gasteiger partial charge in [-0.15, -0.1) is 0 Å². The second-order valence-corrected chi connectivity index (χ2v) is 4.75. The van der Waals surface area contributed by atoms with Gasteiger partial charge >= 0.3 is 5.97 Å². The Hall–Kier alpha value is -1.33. The van der Waals surface area contributed by atoms with Crippen molar-refractivity contribution in [2.45, 2.75) is 10.8 Å². The van der Waals surface area contributed by atoms with Gasteiger partial charge in [-0.05, 0) is 17.7 Å². The largest absolute Gasteiger partial charge is 0.469 e. The lowest BCUT2D eigenvalue weighted by Gasteiger charge is -2.18. The van der Waals surface area contributed by atoms with Crippen LogP contribution in [0.1, 0.15) is 12.0 Å². The van der Waals surface area contributed by atoms with Crippen molar-refractivity contribution in [1.82, 2.24) is 0 Å². The molecule has 17 heavy (non-hydrogen) atoms. The number of nitrogens with zero attached hydrogens (tertiary/aromatic N) is 1. The van der Waals surface area contributed by atoms with Crippen molar-refractivity contribution in [3.8, 4) is 0 Å². The Morgan fingerprint density at radius 1 is 1.41 bits per heavy atom. The second-order valence-electron chi connectivity index (χ2n) is 3.26. The summed E-state index contributed by atoms with van der Waals surface area (Å²) in [6.07, 6.45) is -0.232. The number of nitro benzene ring substituents is 1. The van der Waals surface area contributed by atoms with Crippen molar-refractivity contribution in [1.29, 1.82) is 0 Å². The SMILES string of the molecule is COC(=O)CC(Cl)(Cl)c1ccc([N+](=O)[O-])cc1. The van der Waals surface area contributed by atoms with Crippen LogP contribution in [0, 0.1) is 10.1 Å². The Morgan fingerprint density at radius 2 is 1.94 bits per heavy atom. The molecule has 7 heteroatoms. The Labute approximate surface area is 107 Å². The summed E-state index contributed by atoms with van der Waals surface area (Å²) in [5, 5.41) is 10.5. The van der Waals surface area contributed by atoms with Crippen molar-refractivity contribution in [3.05, 3.63) is 39.9 Å². The number of non-ortho nitro benzene ring substituents is 1. The number of ether oxygens (including phenoxy) is 1. The van der Waals surface area contributed by atoms with Crippen LogP contribution in [0.15, 0.2) is 24.3 Å². The van der Waals surface area contributed by atoms with Gasteiger partial charge < -0.3 is 4.74 Å². The van der Waals surface area contributed by atoms with E-state index in [1.165, 1.54) is 31.4 Å². The van der Waals surface area contributed by atoms with Crippen molar-refractivity contribution in [2.75, 3.05) is 7.11 Å². The highest BCUT2D eigenvalue weighted by Crippen LogP contribution is 2.38. The van der Waals surface area contributed by atoms with Crippen molar-refractivity contribution in [2.24, 2.45) is 0 Å². The highest BCUT2D eigenvalue weighted by Gasteiger charge is 2.30. The van der Waals surface area contributed by atoms with Crippen LogP contribution in [-0.2, 0) is 13.9 Å². The van der Waals surface area contributed by atoms with E-state index < -0.39 is 15.2 Å². The number of esters is 1. The Balaban J connectivity index is 2.91. The average Bonchev–Trinajstić information content (AvgIpc) is 2.28. The van der Waals surface area contributed by atoms with Gasteiger partial charge in [0, 0.05) is 12.1 Å². The molecule has 0 aliphatic carbocycles. The molecule has 0 unspecified atom stereocenters.